The second-order valence-electron chi connectivity index (χ2n) is 8.55. The van der Waals surface area contributed by atoms with Gasteiger partial charge in [0.05, 0.1) is 0 Å². The Bertz CT molecular complexity index is 1180. The molecular formula is C29H29NO5. The molecule has 0 spiro atoms. The molecule has 0 heterocycles. The first-order valence-corrected chi connectivity index (χ1v) is 11.6. The number of amides is 1. The molecule has 35 heavy (non-hydrogen) atoms. The van der Waals surface area contributed by atoms with Gasteiger partial charge < -0.3 is 14.6 Å². The fraction of sp³-hybridized carbons (Fsp3) is 0.241. The lowest BCUT2D eigenvalue weighted by Gasteiger charge is -2.25. The number of carboxylic acid groups (broad SMARTS) is 1. The zero-order chi connectivity index (χ0) is 24.8. The summed E-state index contributed by atoms with van der Waals surface area (Å²) in [6.07, 6.45) is 1.74. The number of ether oxygens (including phenoxy) is 2. The molecule has 3 aromatic carbocycles. The Balaban J connectivity index is 1.40. The van der Waals surface area contributed by atoms with Crippen LogP contribution in [0.15, 0.2) is 85.5 Å². The van der Waals surface area contributed by atoms with Crippen LogP contribution in [0.3, 0.4) is 0 Å². The van der Waals surface area contributed by atoms with Gasteiger partial charge in [-0.2, -0.15) is 0 Å². The smallest absolute Gasteiger partial charge is 0.410 e. The molecule has 1 aliphatic carbocycles. The van der Waals surface area contributed by atoms with Crippen molar-refractivity contribution in [1.29, 1.82) is 0 Å². The molecule has 6 nitrogen and oxygen atoms in total. The number of aliphatic carboxylic acids is 1. The predicted octanol–water partition coefficient (Wildman–Crippen LogP) is 5.52. The molecule has 0 saturated heterocycles. The first-order valence-electron chi connectivity index (χ1n) is 11.6. The normalized spacial score (nSPS) is 12.8. The zero-order valence-corrected chi connectivity index (χ0v) is 19.7. The van der Waals surface area contributed by atoms with Crippen molar-refractivity contribution in [3.8, 4) is 16.9 Å². The number of rotatable bonds is 10. The molecule has 0 radical (unpaired) electrons. The molecule has 3 aromatic rings. The molecule has 0 fully saturated rings. The number of likely N-dealkylation sites (N-methyl/N-ethyl adjacent to an activating group) is 1. The summed E-state index contributed by atoms with van der Waals surface area (Å²) >= 11 is 0. The van der Waals surface area contributed by atoms with Gasteiger partial charge in [-0.05, 0) is 52.8 Å². The minimum Gasteiger partial charge on any atom is -0.490 e. The van der Waals surface area contributed by atoms with Crippen LogP contribution in [0, 0.1) is 0 Å². The maximum absolute atomic E-state index is 12.9. The highest BCUT2D eigenvalue weighted by Gasteiger charge is 2.31. The van der Waals surface area contributed by atoms with Crippen LogP contribution >= 0.6 is 0 Å². The molecule has 180 valence electrons. The van der Waals surface area contributed by atoms with E-state index < -0.39 is 18.1 Å². The number of nitrogens with zero attached hydrogens (tertiary/aromatic N) is 1. The van der Waals surface area contributed by atoms with Crippen LogP contribution in [-0.4, -0.2) is 48.4 Å². The van der Waals surface area contributed by atoms with Crippen molar-refractivity contribution >= 4 is 12.1 Å². The molecule has 0 aliphatic heterocycles. The van der Waals surface area contributed by atoms with Gasteiger partial charge in [-0.1, -0.05) is 73.3 Å². The average Bonchev–Trinajstić information content (AvgIpc) is 3.19. The van der Waals surface area contributed by atoms with Crippen LogP contribution < -0.4 is 4.74 Å². The van der Waals surface area contributed by atoms with Crippen molar-refractivity contribution in [3.05, 3.63) is 102 Å². The highest BCUT2D eigenvalue weighted by molar-refractivity contribution is 5.81. The van der Waals surface area contributed by atoms with Crippen molar-refractivity contribution in [2.75, 3.05) is 20.3 Å². The van der Waals surface area contributed by atoms with Crippen molar-refractivity contribution in [1.82, 2.24) is 4.90 Å². The lowest BCUT2D eigenvalue weighted by Crippen LogP contribution is -2.43. The van der Waals surface area contributed by atoms with Gasteiger partial charge in [0.25, 0.3) is 0 Å². The first kappa shape index (κ1) is 24.1. The highest BCUT2D eigenvalue weighted by Crippen LogP contribution is 2.44. The Hall–Kier alpha value is -4.06. The maximum atomic E-state index is 12.9. The van der Waals surface area contributed by atoms with Gasteiger partial charge in [0.2, 0.25) is 0 Å². The third kappa shape index (κ3) is 5.38. The second-order valence-corrected chi connectivity index (χ2v) is 8.55. The molecule has 0 aromatic heterocycles. The number of hydrogen-bond donors (Lipinski definition) is 1. The quantitative estimate of drug-likeness (QED) is 0.394. The molecular weight excluding hydrogens is 442 g/mol. The van der Waals surface area contributed by atoms with E-state index in [1.54, 1.807) is 6.08 Å². The van der Waals surface area contributed by atoms with E-state index >= 15 is 0 Å². The summed E-state index contributed by atoms with van der Waals surface area (Å²) in [5.74, 6) is -0.458. The summed E-state index contributed by atoms with van der Waals surface area (Å²) in [6, 6.07) is 22.6. The Morgan fingerprint density at radius 3 is 2.31 bits per heavy atom. The lowest BCUT2D eigenvalue weighted by molar-refractivity contribution is -0.142. The monoisotopic (exact) mass is 471 g/mol. The Morgan fingerprint density at radius 1 is 1.03 bits per heavy atom. The van der Waals surface area contributed by atoms with Gasteiger partial charge in [0, 0.05) is 13.0 Å². The van der Waals surface area contributed by atoms with Crippen molar-refractivity contribution < 1.29 is 24.2 Å². The summed E-state index contributed by atoms with van der Waals surface area (Å²) in [5, 5.41) is 9.80. The van der Waals surface area contributed by atoms with E-state index in [-0.39, 0.29) is 18.9 Å². The summed E-state index contributed by atoms with van der Waals surface area (Å²) < 4.78 is 11.2. The van der Waals surface area contributed by atoms with Crippen LogP contribution in [0.5, 0.6) is 5.75 Å². The van der Waals surface area contributed by atoms with Crippen LogP contribution in [0.1, 0.15) is 29.0 Å². The SMILES string of the molecule is C=CCOc1cccc(CCC(C(=O)O)N(C)C(=O)OCC2c3ccccc3-c3ccccc32)c1. The third-order valence-electron chi connectivity index (χ3n) is 6.35. The lowest BCUT2D eigenvalue weighted by atomic mass is 9.98. The van der Waals surface area contributed by atoms with Crippen molar-refractivity contribution in [3.63, 3.8) is 0 Å². The van der Waals surface area contributed by atoms with E-state index in [1.807, 2.05) is 60.7 Å². The standard InChI is InChI=1S/C29H29NO5/c1-3-17-34-21-10-8-9-20(18-21)15-16-27(28(31)32)30(2)29(33)35-19-26-24-13-6-4-11-22(24)23-12-5-7-14-25(23)26/h3-14,18,26-27H,1,15-17,19H2,2H3,(H,31,32). The van der Waals surface area contributed by atoms with E-state index in [9.17, 15) is 14.7 Å². The van der Waals surface area contributed by atoms with E-state index in [4.69, 9.17) is 9.47 Å². The Morgan fingerprint density at radius 2 is 1.69 bits per heavy atom. The molecule has 0 bridgehead atoms. The number of carbonyl (C=O) groups excluding carboxylic acids is 1. The zero-order valence-electron chi connectivity index (χ0n) is 19.7. The molecule has 1 amide bonds. The molecule has 6 heteroatoms. The molecule has 1 aliphatic rings. The van der Waals surface area contributed by atoms with Gasteiger partial charge in [-0.25, -0.2) is 9.59 Å². The van der Waals surface area contributed by atoms with Gasteiger partial charge in [0.15, 0.2) is 0 Å². The van der Waals surface area contributed by atoms with E-state index in [1.165, 1.54) is 11.9 Å². The fourth-order valence-electron chi connectivity index (χ4n) is 4.56. The minimum atomic E-state index is -1.07. The largest absolute Gasteiger partial charge is 0.490 e. The number of carbonyl (C=O) groups is 2. The van der Waals surface area contributed by atoms with Crippen molar-refractivity contribution in [2.24, 2.45) is 0 Å². The van der Waals surface area contributed by atoms with E-state index in [2.05, 4.69) is 18.7 Å². The van der Waals surface area contributed by atoms with Crippen LogP contribution in [0.2, 0.25) is 0 Å². The first-order chi connectivity index (χ1) is 17.0. The number of fused-ring (bicyclic) bond motifs is 3. The number of hydrogen-bond acceptors (Lipinski definition) is 4. The third-order valence-corrected chi connectivity index (χ3v) is 6.35. The number of aryl methyl sites for hydroxylation is 1. The summed E-state index contributed by atoms with van der Waals surface area (Å²) in [5.41, 5.74) is 5.43. The summed E-state index contributed by atoms with van der Waals surface area (Å²) in [6.45, 7) is 4.18. The predicted molar refractivity (Wildman–Crippen MR) is 135 cm³/mol. The topological polar surface area (TPSA) is 76.1 Å². The van der Waals surface area contributed by atoms with E-state index in [0.29, 0.717) is 18.8 Å². The molecule has 4 rings (SSSR count). The Kier molecular flexibility index (Phi) is 7.51. The molecule has 1 atom stereocenters. The molecule has 1 unspecified atom stereocenters. The maximum Gasteiger partial charge on any atom is 0.410 e. The van der Waals surface area contributed by atoms with Gasteiger partial charge in [0.1, 0.15) is 25.0 Å². The van der Waals surface area contributed by atoms with Crippen LogP contribution in [0.25, 0.3) is 11.1 Å². The van der Waals surface area contributed by atoms with Crippen molar-refractivity contribution in [2.45, 2.75) is 24.8 Å². The minimum absolute atomic E-state index is 0.0821. The molecule has 1 N–H and O–H groups in total. The van der Waals surface area contributed by atoms with Gasteiger partial charge in [-0.15, -0.1) is 0 Å². The molecule has 0 saturated carbocycles. The second kappa shape index (κ2) is 10.9. The number of benzene rings is 3. The van der Waals surface area contributed by atoms with Crippen LogP contribution in [0.4, 0.5) is 4.79 Å². The van der Waals surface area contributed by atoms with Gasteiger partial charge in [-0.3, -0.25) is 4.90 Å². The summed E-state index contributed by atoms with van der Waals surface area (Å²) in [4.78, 5) is 26.0. The Labute approximate surface area is 205 Å². The number of carboxylic acids is 1. The van der Waals surface area contributed by atoms with Crippen LogP contribution in [-0.2, 0) is 16.0 Å². The average molecular weight is 472 g/mol. The van der Waals surface area contributed by atoms with E-state index in [0.717, 1.165) is 27.8 Å². The fourth-order valence-corrected chi connectivity index (χ4v) is 4.56. The van der Waals surface area contributed by atoms with Gasteiger partial charge >= 0.3 is 12.1 Å². The summed E-state index contributed by atoms with van der Waals surface area (Å²) in [7, 11) is 1.47. The highest BCUT2D eigenvalue weighted by atomic mass is 16.6.